The maximum Gasteiger partial charge on any atom is 0.313 e. The molecule has 0 atom stereocenters. The van der Waals surface area contributed by atoms with Gasteiger partial charge in [-0.1, -0.05) is 6.07 Å². The van der Waals surface area contributed by atoms with Crippen molar-refractivity contribution < 1.29 is 14.3 Å². The van der Waals surface area contributed by atoms with Gasteiger partial charge in [0.05, 0.1) is 13.2 Å². The second kappa shape index (κ2) is 5.61. The number of carbonyl (C=O) groups excluding carboxylic acids is 2. The van der Waals surface area contributed by atoms with Crippen LogP contribution in [0.2, 0.25) is 0 Å². The molecule has 0 bridgehead atoms. The number of ether oxygens (including phenoxy) is 1. The lowest BCUT2D eigenvalue weighted by Crippen LogP contribution is -2.37. The number of anilines is 1. The number of nitrogens with two attached hydrogens (primary N) is 1. The zero-order valence-electron chi connectivity index (χ0n) is 9.86. The Bertz CT molecular complexity index is 474. The van der Waals surface area contributed by atoms with Crippen LogP contribution in [0.15, 0.2) is 18.2 Å². The van der Waals surface area contributed by atoms with Crippen LogP contribution in [0.3, 0.4) is 0 Å². The third kappa shape index (κ3) is 2.85. The van der Waals surface area contributed by atoms with Crippen molar-refractivity contribution in [1.29, 1.82) is 0 Å². The molecule has 2 amide bonds. The first-order chi connectivity index (χ1) is 8.70. The van der Waals surface area contributed by atoms with Crippen molar-refractivity contribution in [3.63, 3.8) is 0 Å². The molecule has 96 valence electrons. The van der Waals surface area contributed by atoms with E-state index in [1.165, 1.54) is 0 Å². The van der Waals surface area contributed by atoms with Gasteiger partial charge in [-0.2, -0.15) is 0 Å². The maximum atomic E-state index is 11.5. The van der Waals surface area contributed by atoms with Crippen LogP contribution in [0, 0.1) is 0 Å². The summed E-state index contributed by atoms with van der Waals surface area (Å²) in [5.41, 5.74) is 7.97. The first-order valence-corrected chi connectivity index (χ1v) is 5.69. The van der Waals surface area contributed by atoms with Crippen molar-refractivity contribution in [1.82, 2.24) is 5.32 Å². The standard InChI is InChI=1S/C12H15N3O3/c13-3-4-14-11(16)12(17)15-10-2-1-8-6-18-7-9(8)5-10/h1-2,5H,3-4,6-7,13H2,(H,14,16)(H,15,17). The number of hydrogen-bond donors (Lipinski definition) is 3. The van der Waals surface area contributed by atoms with E-state index in [-0.39, 0.29) is 6.54 Å². The number of carbonyl (C=O) groups is 2. The molecule has 2 rings (SSSR count). The smallest absolute Gasteiger partial charge is 0.313 e. The quantitative estimate of drug-likeness (QED) is 0.643. The van der Waals surface area contributed by atoms with E-state index >= 15 is 0 Å². The molecule has 1 aromatic carbocycles. The summed E-state index contributed by atoms with van der Waals surface area (Å²) in [6.07, 6.45) is 0. The lowest BCUT2D eigenvalue weighted by atomic mass is 10.1. The van der Waals surface area contributed by atoms with Crippen LogP contribution in [0.4, 0.5) is 5.69 Å². The summed E-state index contributed by atoms with van der Waals surface area (Å²) < 4.78 is 5.27. The highest BCUT2D eigenvalue weighted by molar-refractivity contribution is 6.39. The van der Waals surface area contributed by atoms with Crippen LogP contribution in [0.25, 0.3) is 0 Å². The van der Waals surface area contributed by atoms with E-state index in [2.05, 4.69) is 10.6 Å². The number of amides is 2. The first kappa shape index (κ1) is 12.5. The molecule has 0 fully saturated rings. The average Bonchev–Trinajstić information content (AvgIpc) is 2.83. The van der Waals surface area contributed by atoms with Gasteiger partial charge < -0.3 is 21.1 Å². The molecule has 6 nitrogen and oxygen atoms in total. The number of nitrogens with one attached hydrogen (secondary N) is 2. The van der Waals surface area contributed by atoms with Gasteiger partial charge in [-0.15, -0.1) is 0 Å². The van der Waals surface area contributed by atoms with Crippen molar-refractivity contribution in [3.05, 3.63) is 29.3 Å². The molecule has 0 radical (unpaired) electrons. The highest BCUT2D eigenvalue weighted by Crippen LogP contribution is 2.23. The Morgan fingerprint density at radius 3 is 2.78 bits per heavy atom. The minimum atomic E-state index is -0.692. The molecule has 18 heavy (non-hydrogen) atoms. The molecule has 0 saturated heterocycles. The third-order valence-electron chi connectivity index (χ3n) is 2.62. The highest BCUT2D eigenvalue weighted by atomic mass is 16.5. The van der Waals surface area contributed by atoms with E-state index in [0.717, 1.165) is 11.1 Å². The molecule has 0 spiro atoms. The van der Waals surface area contributed by atoms with Crippen molar-refractivity contribution in [3.8, 4) is 0 Å². The minimum Gasteiger partial charge on any atom is -0.372 e. The Morgan fingerprint density at radius 2 is 2.00 bits per heavy atom. The Balaban J connectivity index is 1.97. The summed E-state index contributed by atoms with van der Waals surface area (Å²) >= 11 is 0. The number of hydrogen-bond acceptors (Lipinski definition) is 4. The molecule has 0 aliphatic carbocycles. The summed E-state index contributed by atoms with van der Waals surface area (Å²) in [5, 5.41) is 4.94. The molecule has 0 unspecified atom stereocenters. The Morgan fingerprint density at radius 1 is 1.22 bits per heavy atom. The van der Waals surface area contributed by atoms with Crippen LogP contribution in [-0.2, 0) is 27.5 Å². The molecular formula is C12H15N3O3. The first-order valence-electron chi connectivity index (χ1n) is 5.69. The van der Waals surface area contributed by atoms with E-state index in [1.54, 1.807) is 6.07 Å². The zero-order valence-corrected chi connectivity index (χ0v) is 9.86. The van der Waals surface area contributed by atoms with E-state index in [1.807, 2.05) is 12.1 Å². The number of benzene rings is 1. The van der Waals surface area contributed by atoms with Gasteiger partial charge in [0, 0.05) is 18.8 Å². The van der Waals surface area contributed by atoms with Gasteiger partial charge in [-0.3, -0.25) is 9.59 Å². The summed E-state index contributed by atoms with van der Waals surface area (Å²) in [4.78, 5) is 22.9. The van der Waals surface area contributed by atoms with Gasteiger partial charge in [0.1, 0.15) is 0 Å². The van der Waals surface area contributed by atoms with Crippen LogP contribution >= 0.6 is 0 Å². The lowest BCUT2D eigenvalue weighted by molar-refractivity contribution is -0.136. The van der Waals surface area contributed by atoms with Crippen molar-refractivity contribution >= 4 is 17.5 Å². The monoisotopic (exact) mass is 249 g/mol. The number of fused-ring (bicyclic) bond motifs is 1. The average molecular weight is 249 g/mol. The molecule has 1 aromatic rings. The fraction of sp³-hybridized carbons (Fsp3) is 0.333. The summed E-state index contributed by atoms with van der Waals surface area (Å²) in [5.74, 6) is -1.38. The Labute approximate surface area is 104 Å². The maximum absolute atomic E-state index is 11.5. The van der Waals surface area contributed by atoms with E-state index in [0.29, 0.717) is 25.4 Å². The fourth-order valence-electron chi connectivity index (χ4n) is 1.70. The Kier molecular flexibility index (Phi) is 3.91. The van der Waals surface area contributed by atoms with Gasteiger partial charge in [0.15, 0.2) is 0 Å². The minimum absolute atomic E-state index is 0.282. The normalized spacial score (nSPS) is 12.9. The molecule has 4 N–H and O–H groups in total. The van der Waals surface area contributed by atoms with Crippen molar-refractivity contribution in [2.75, 3.05) is 18.4 Å². The van der Waals surface area contributed by atoms with Gasteiger partial charge in [0.25, 0.3) is 0 Å². The van der Waals surface area contributed by atoms with Crippen molar-refractivity contribution in [2.45, 2.75) is 13.2 Å². The largest absolute Gasteiger partial charge is 0.372 e. The second-order valence-electron chi connectivity index (χ2n) is 3.97. The lowest BCUT2D eigenvalue weighted by Gasteiger charge is -2.06. The molecule has 1 heterocycles. The summed E-state index contributed by atoms with van der Waals surface area (Å²) in [7, 11) is 0. The summed E-state index contributed by atoms with van der Waals surface area (Å²) in [6, 6.07) is 5.45. The van der Waals surface area contributed by atoms with Crippen LogP contribution < -0.4 is 16.4 Å². The molecule has 6 heteroatoms. The highest BCUT2D eigenvalue weighted by Gasteiger charge is 2.15. The number of rotatable bonds is 3. The molecular weight excluding hydrogens is 234 g/mol. The molecule has 1 aliphatic rings. The molecule has 0 aromatic heterocycles. The van der Waals surface area contributed by atoms with Gasteiger partial charge in [-0.05, 0) is 23.3 Å². The van der Waals surface area contributed by atoms with Gasteiger partial charge in [0.2, 0.25) is 0 Å². The van der Waals surface area contributed by atoms with E-state index in [4.69, 9.17) is 10.5 Å². The van der Waals surface area contributed by atoms with E-state index in [9.17, 15) is 9.59 Å². The van der Waals surface area contributed by atoms with Crippen molar-refractivity contribution in [2.24, 2.45) is 5.73 Å². The fourth-order valence-corrected chi connectivity index (χ4v) is 1.70. The molecule has 1 aliphatic heterocycles. The summed E-state index contributed by atoms with van der Waals surface area (Å²) in [6.45, 7) is 1.72. The zero-order chi connectivity index (χ0) is 13.0. The van der Waals surface area contributed by atoms with E-state index < -0.39 is 11.8 Å². The second-order valence-corrected chi connectivity index (χ2v) is 3.97. The van der Waals surface area contributed by atoms with Crippen LogP contribution in [-0.4, -0.2) is 24.9 Å². The van der Waals surface area contributed by atoms with Crippen LogP contribution in [0.1, 0.15) is 11.1 Å². The topological polar surface area (TPSA) is 93.5 Å². The van der Waals surface area contributed by atoms with Crippen LogP contribution in [0.5, 0.6) is 0 Å². The SMILES string of the molecule is NCCNC(=O)C(=O)Nc1ccc2c(c1)COC2. The predicted molar refractivity (Wildman–Crippen MR) is 65.6 cm³/mol. The van der Waals surface area contributed by atoms with Gasteiger partial charge in [-0.25, -0.2) is 0 Å². The molecule has 0 saturated carbocycles. The predicted octanol–water partition coefficient (Wildman–Crippen LogP) is -0.270. The Hall–Kier alpha value is -1.92. The van der Waals surface area contributed by atoms with Gasteiger partial charge >= 0.3 is 11.8 Å². The third-order valence-corrected chi connectivity index (χ3v) is 2.62.